The van der Waals surface area contributed by atoms with Crippen molar-refractivity contribution in [1.82, 2.24) is 20.3 Å². The molecule has 13 heavy (non-hydrogen) atoms. The third-order valence-electron chi connectivity index (χ3n) is 2.33. The van der Waals surface area contributed by atoms with Crippen LogP contribution in [-0.2, 0) is 0 Å². The van der Waals surface area contributed by atoms with Gasteiger partial charge in [0.1, 0.15) is 5.69 Å². The van der Waals surface area contributed by atoms with Crippen molar-refractivity contribution in [2.75, 3.05) is 13.1 Å². The summed E-state index contributed by atoms with van der Waals surface area (Å²) in [7, 11) is 0. The maximum atomic E-state index is 7.84. The summed E-state index contributed by atoms with van der Waals surface area (Å²) in [5.41, 5.74) is 0.641. The van der Waals surface area contributed by atoms with E-state index < -0.39 is 0 Å². The van der Waals surface area contributed by atoms with Crippen LogP contribution in [0, 0.1) is 5.41 Å². The number of nitrogens with zero attached hydrogens (tertiary/aromatic N) is 3. The van der Waals surface area contributed by atoms with Gasteiger partial charge in [-0.2, -0.15) is 15.4 Å². The van der Waals surface area contributed by atoms with Crippen molar-refractivity contribution in [3.63, 3.8) is 0 Å². The highest BCUT2D eigenvalue weighted by Gasteiger charge is 2.16. The van der Waals surface area contributed by atoms with E-state index in [9.17, 15) is 0 Å². The lowest BCUT2D eigenvalue weighted by atomic mass is 10.1. The Hall–Kier alpha value is -1.39. The molecule has 0 aliphatic carbocycles. The fourth-order valence-corrected chi connectivity index (χ4v) is 1.60. The van der Waals surface area contributed by atoms with Crippen LogP contribution in [0.3, 0.4) is 0 Å². The molecule has 0 atom stereocenters. The maximum Gasteiger partial charge on any atom is 0.150 e. The van der Waals surface area contributed by atoms with Crippen LogP contribution in [0.2, 0.25) is 0 Å². The van der Waals surface area contributed by atoms with Gasteiger partial charge in [0.05, 0.1) is 6.20 Å². The minimum atomic E-state index is 0.494. The Bertz CT molecular complexity index is 273. The molecule has 2 rings (SSSR count). The quantitative estimate of drug-likeness (QED) is 0.490. The monoisotopic (exact) mass is 179 g/mol. The first-order valence-corrected chi connectivity index (χ1v) is 4.57. The summed E-state index contributed by atoms with van der Waals surface area (Å²) >= 11 is 0. The Morgan fingerprint density at radius 2 is 2.15 bits per heavy atom. The summed E-state index contributed by atoms with van der Waals surface area (Å²) in [6.45, 7) is 1.96. The number of H-pyrrole nitrogens is 1. The van der Waals surface area contributed by atoms with Crippen LogP contribution >= 0.6 is 0 Å². The van der Waals surface area contributed by atoms with Gasteiger partial charge in [-0.05, 0) is 19.3 Å². The molecule has 1 aliphatic rings. The van der Waals surface area contributed by atoms with Crippen molar-refractivity contribution in [3.8, 4) is 0 Å². The van der Waals surface area contributed by atoms with E-state index in [1.807, 2.05) is 0 Å². The van der Waals surface area contributed by atoms with E-state index in [0.717, 1.165) is 13.1 Å². The standard InChI is InChI=1S/C8H13N5/c9-8(7-6-10-12-11-7)13-4-2-1-3-5-13/h6,9H,1-5H2,(H,10,11,12). The molecule has 70 valence electrons. The summed E-state index contributed by atoms with van der Waals surface area (Å²) in [5.74, 6) is 0.494. The highest BCUT2D eigenvalue weighted by molar-refractivity contribution is 5.94. The van der Waals surface area contributed by atoms with Gasteiger partial charge in [-0.15, -0.1) is 0 Å². The van der Waals surface area contributed by atoms with Gasteiger partial charge in [0, 0.05) is 13.1 Å². The molecule has 0 spiro atoms. The molecule has 0 bridgehead atoms. The number of aromatic nitrogens is 3. The molecule has 5 heteroatoms. The first kappa shape index (κ1) is 8.22. The minimum Gasteiger partial charge on any atom is -0.355 e. The van der Waals surface area contributed by atoms with Gasteiger partial charge in [0.25, 0.3) is 0 Å². The maximum absolute atomic E-state index is 7.84. The zero-order valence-corrected chi connectivity index (χ0v) is 7.45. The van der Waals surface area contributed by atoms with Gasteiger partial charge in [-0.3, -0.25) is 5.41 Å². The van der Waals surface area contributed by atoms with Crippen molar-refractivity contribution in [2.24, 2.45) is 0 Å². The molecule has 1 saturated heterocycles. The van der Waals surface area contributed by atoms with Crippen molar-refractivity contribution in [2.45, 2.75) is 19.3 Å². The van der Waals surface area contributed by atoms with Crippen LogP contribution in [0.1, 0.15) is 25.0 Å². The molecular weight excluding hydrogens is 166 g/mol. The fourth-order valence-electron chi connectivity index (χ4n) is 1.60. The van der Waals surface area contributed by atoms with Crippen LogP contribution in [0.4, 0.5) is 0 Å². The lowest BCUT2D eigenvalue weighted by Gasteiger charge is -2.27. The van der Waals surface area contributed by atoms with E-state index in [-0.39, 0.29) is 0 Å². The van der Waals surface area contributed by atoms with Crippen molar-refractivity contribution in [1.29, 1.82) is 5.41 Å². The largest absolute Gasteiger partial charge is 0.355 e. The second-order valence-electron chi connectivity index (χ2n) is 3.25. The number of piperidine rings is 1. The first-order valence-electron chi connectivity index (χ1n) is 4.57. The normalized spacial score (nSPS) is 17.4. The molecule has 0 saturated carbocycles. The molecule has 0 radical (unpaired) electrons. The molecule has 0 amide bonds. The van der Waals surface area contributed by atoms with E-state index >= 15 is 0 Å². The van der Waals surface area contributed by atoms with Gasteiger partial charge in [0.15, 0.2) is 5.84 Å². The topological polar surface area (TPSA) is 68.7 Å². The molecule has 5 nitrogen and oxygen atoms in total. The number of hydrogen-bond donors (Lipinski definition) is 2. The molecule has 1 aromatic rings. The first-order chi connectivity index (χ1) is 6.38. The minimum absolute atomic E-state index is 0.494. The number of hydrogen-bond acceptors (Lipinski definition) is 3. The second-order valence-corrected chi connectivity index (χ2v) is 3.25. The Balaban J connectivity index is 2.04. The summed E-state index contributed by atoms with van der Waals surface area (Å²) in [6.07, 6.45) is 5.24. The third-order valence-corrected chi connectivity index (χ3v) is 2.33. The zero-order chi connectivity index (χ0) is 9.10. The zero-order valence-electron chi connectivity index (χ0n) is 7.45. The molecule has 2 N–H and O–H groups in total. The van der Waals surface area contributed by atoms with Crippen molar-refractivity contribution >= 4 is 5.84 Å². The predicted octanol–water partition coefficient (Wildman–Crippen LogP) is 0.616. The Morgan fingerprint density at radius 3 is 2.77 bits per heavy atom. The van der Waals surface area contributed by atoms with Crippen molar-refractivity contribution < 1.29 is 0 Å². The molecule has 0 aromatic carbocycles. The second kappa shape index (κ2) is 3.55. The molecule has 1 fully saturated rings. The molecular formula is C8H13N5. The molecule has 2 heterocycles. The number of aromatic amines is 1. The van der Waals surface area contributed by atoms with Crippen LogP contribution in [0.5, 0.6) is 0 Å². The van der Waals surface area contributed by atoms with Crippen LogP contribution in [-0.4, -0.2) is 39.2 Å². The van der Waals surface area contributed by atoms with Gasteiger partial charge in [-0.25, -0.2) is 0 Å². The summed E-state index contributed by atoms with van der Waals surface area (Å²) in [6, 6.07) is 0. The average molecular weight is 179 g/mol. The van der Waals surface area contributed by atoms with Crippen molar-refractivity contribution in [3.05, 3.63) is 11.9 Å². The van der Waals surface area contributed by atoms with Gasteiger partial charge >= 0.3 is 0 Å². The highest BCUT2D eigenvalue weighted by atomic mass is 15.3. The average Bonchev–Trinajstić information content (AvgIpc) is 2.71. The number of likely N-dealkylation sites (tertiary alicyclic amines) is 1. The summed E-state index contributed by atoms with van der Waals surface area (Å²) in [5, 5.41) is 18.0. The SMILES string of the molecule is N=C(c1cn[nH]n1)N1CCCCC1. The number of nitrogens with one attached hydrogen (secondary N) is 2. The smallest absolute Gasteiger partial charge is 0.150 e. The molecule has 0 unspecified atom stereocenters. The van der Waals surface area contributed by atoms with Crippen LogP contribution in [0.15, 0.2) is 6.20 Å². The fraction of sp³-hybridized carbons (Fsp3) is 0.625. The summed E-state index contributed by atoms with van der Waals surface area (Å²) < 4.78 is 0. The van der Waals surface area contributed by atoms with E-state index in [0.29, 0.717) is 11.5 Å². The Morgan fingerprint density at radius 1 is 1.38 bits per heavy atom. The van der Waals surface area contributed by atoms with Crippen LogP contribution in [0.25, 0.3) is 0 Å². The molecule has 1 aliphatic heterocycles. The lowest BCUT2D eigenvalue weighted by molar-refractivity contribution is 0.340. The predicted molar refractivity (Wildman–Crippen MR) is 48.6 cm³/mol. The highest BCUT2D eigenvalue weighted by Crippen LogP contribution is 2.10. The Labute approximate surface area is 76.6 Å². The number of rotatable bonds is 1. The number of amidine groups is 1. The Kier molecular flexibility index (Phi) is 2.25. The van der Waals surface area contributed by atoms with Gasteiger partial charge in [0.2, 0.25) is 0 Å². The van der Waals surface area contributed by atoms with E-state index in [2.05, 4.69) is 20.3 Å². The summed E-state index contributed by atoms with van der Waals surface area (Å²) in [4.78, 5) is 2.06. The molecule has 1 aromatic heterocycles. The lowest BCUT2D eigenvalue weighted by Crippen LogP contribution is -2.35. The van der Waals surface area contributed by atoms with Gasteiger partial charge < -0.3 is 4.90 Å². The van der Waals surface area contributed by atoms with E-state index in [1.165, 1.54) is 19.3 Å². The van der Waals surface area contributed by atoms with E-state index in [4.69, 9.17) is 5.41 Å². The van der Waals surface area contributed by atoms with E-state index in [1.54, 1.807) is 6.20 Å². The third kappa shape index (κ3) is 1.68. The van der Waals surface area contributed by atoms with Gasteiger partial charge in [-0.1, -0.05) is 0 Å². The van der Waals surface area contributed by atoms with Crippen LogP contribution < -0.4 is 0 Å².